The van der Waals surface area contributed by atoms with Crippen LogP contribution < -0.4 is 0 Å². The van der Waals surface area contributed by atoms with Crippen LogP contribution in [0.15, 0.2) is 30.3 Å². The Hall–Kier alpha value is -1.49. The summed E-state index contributed by atoms with van der Waals surface area (Å²) in [5, 5.41) is 8.33. The number of hydrogen-bond donors (Lipinski definition) is 1. The number of carboxylic acids is 1. The van der Waals surface area contributed by atoms with E-state index in [9.17, 15) is 14.7 Å². The summed E-state index contributed by atoms with van der Waals surface area (Å²) in [5.74, 6) is -1.21. The largest absolute Gasteiger partial charge is 0.480 e. The van der Waals surface area contributed by atoms with Gasteiger partial charge in [0.25, 0.3) is 0 Å². The summed E-state index contributed by atoms with van der Waals surface area (Å²) in [6, 6.07) is 9.46. The maximum atomic E-state index is 11.9. The molecule has 0 fully saturated rings. The highest BCUT2D eigenvalue weighted by molar-refractivity contribution is 8.01. The molecule has 1 aromatic rings. The molecule has 1 N–H and O–H groups in total. The molecule has 0 aliphatic rings. The van der Waals surface area contributed by atoms with Crippen LogP contribution in [0.5, 0.6) is 0 Å². The summed E-state index contributed by atoms with van der Waals surface area (Å²) in [5.41, 5.74) is 0.955. The number of rotatable bonds is 9. The minimum atomic E-state index is -0.894. The van der Waals surface area contributed by atoms with Crippen LogP contribution in [0.3, 0.4) is 0 Å². The number of carboxylic acid groups (broad SMARTS) is 1. The Labute approximate surface area is 129 Å². The Kier molecular flexibility index (Phi) is 7.90. The highest BCUT2D eigenvalue weighted by Gasteiger charge is 2.28. The Bertz CT molecular complexity index is 447. The molecule has 0 heterocycles. The lowest BCUT2D eigenvalue weighted by Gasteiger charge is -2.19. The van der Waals surface area contributed by atoms with Crippen molar-refractivity contribution in [3.05, 3.63) is 35.9 Å². The molecule has 2 unspecified atom stereocenters. The van der Waals surface area contributed by atoms with E-state index in [0.717, 1.165) is 12.0 Å². The monoisotopic (exact) mass is 310 g/mol. The molecule has 0 radical (unpaired) electrons. The maximum absolute atomic E-state index is 11.9. The van der Waals surface area contributed by atoms with Gasteiger partial charge < -0.3 is 9.84 Å². The van der Waals surface area contributed by atoms with Crippen molar-refractivity contribution in [2.24, 2.45) is 0 Å². The van der Waals surface area contributed by atoms with Crippen molar-refractivity contribution in [1.82, 2.24) is 0 Å². The standard InChI is InChI=1S/C16H22O4S/c1-3-8-13(16(19)20-4-2)21-14(15(17)18)11-12-9-6-5-7-10-12/h5-7,9-10,13-14H,3-4,8,11H2,1-2H3,(H,17,18). The summed E-state index contributed by atoms with van der Waals surface area (Å²) in [6.45, 7) is 4.04. The molecule has 0 aromatic heterocycles. The summed E-state index contributed by atoms with van der Waals surface area (Å²) >= 11 is 1.19. The lowest BCUT2D eigenvalue weighted by Crippen LogP contribution is -2.28. The zero-order valence-electron chi connectivity index (χ0n) is 12.5. The number of carbonyl (C=O) groups excluding carboxylic acids is 1. The SMILES string of the molecule is CCCC(SC(Cc1ccccc1)C(=O)O)C(=O)OCC. The van der Waals surface area contributed by atoms with Gasteiger partial charge in [-0.15, -0.1) is 11.8 Å². The van der Waals surface area contributed by atoms with Crippen molar-refractivity contribution in [3.63, 3.8) is 0 Å². The van der Waals surface area contributed by atoms with Gasteiger partial charge >= 0.3 is 11.9 Å². The first-order valence-corrected chi connectivity index (χ1v) is 8.11. The third kappa shape index (κ3) is 6.21. The van der Waals surface area contributed by atoms with Gasteiger partial charge in [0.05, 0.1) is 6.61 Å². The lowest BCUT2D eigenvalue weighted by molar-refractivity contribution is -0.142. The third-order valence-corrected chi connectivity index (χ3v) is 4.42. The minimum Gasteiger partial charge on any atom is -0.480 e. The van der Waals surface area contributed by atoms with E-state index in [-0.39, 0.29) is 5.97 Å². The van der Waals surface area contributed by atoms with Gasteiger partial charge in [-0.25, -0.2) is 0 Å². The van der Waals surface area contributed by atoms with Crippen LogP contribution in [0.2, 0.25) is 0 Å². The fourth-order valence-electron chi connectivity index (χ4n) is 1.96. The molecule has 0 saturated heterocycles. The van der Waals surface area contributed by atoms with Crippen LogP contribution in [0, 0.1) is 0 Å². The van der Waals surface area contributed by atoms with Gasteiger partial charge in [0.15, 0.2) is 0 Å². The second kappa shape index (κ2) is 9.45. The minimum absolute atomic E-state index is 0.316. The normalized spacial score (nSPS) is 13.4. The summed E-state index contributed by atoms with van der Waals surface area (Å²) in [6.07, 6.45) is 1.84. The van der Waals surface area contributed by atoms with E-state index in [0.29, 0.717) is 19.4 Å². The van der Waals surface area contributed by atoms with Gasteiger partial charge in [0, 0.05) is 0 Å². The highest BCUT2D eigenvalue weighted by atomic mass is 32.2. The van der Waals surface area contributed by atoms with E-state index in [4.69, 9.17) is 4.74 Å². The van der Waals surface area contributed by atoms with E-state index < -0.39 is 16.5 Å². The van der Waals surface area contributed by atoms with Crippen LogP contribution in [0.25, 0.3) is 0 Å². The number of thioether (sulfide) groups is 1. The summed E-state index contributed by atoms with van der Waals surface area (Å²) in [4.78, 5) is 23.4. The molecule has 0 spiro atoms. The van der Waals surface area contributed by atoms with Crippen LogP contribution in [0.4, 0.5) is 0 Å². The first-order valence-electron chi connectivity index (χ1n) is 7.17. The van der Waals surface area contributed by atoms with Crippen molar-refractivity contribution >= 4 is 23.7 Å². The molecule has 0 aliphatic carbocycles. The van der Waals surface area contributed by atoms with Crippen molar-refractivity contribution in [1.29, 1.82) is 0 Å². The van der Waals surface area contributed by atoms with Gasteiger partial charge in [-0.3, -0.25) is 9.59 Å². The highest BCUT2D eigenvalue weighted by Crippen LogP contribution is 2.26. The number of ether oxygens (including phenoxy) is 1. The number of carbonyl (C=O) groups is 2. The number of benzene rings is 1. The Balaban J connectivity index is 2.74. The van der Waals surface area contributed by atoms with E-state index in [1.54, 1.807) is 6.92 Å². The Morgan fingerprint density at radius 3 is 2.38 bits per heavy atom. The molecule has 4 nitrogen and oxygen atoms in total. The van der Waals surface area contributed by atoms with E-state index in [1.807, 2.05) is 37.3 Å². The van der Waals surface area contributed by atoms with E-state index in [1.165, 1.54) is 11.8 Å². The van der Waals surface area contributed by atoms with E-state index >= 15 is 0 Å². The molecule has 0 aliphatic heterocycles. The first kappa shape index (κ1) is 17.6. The fourth-order valence-corrected chi connectivity index (χ4v) is 3.31. The van der Waals surface area contributed by atoms with Crippen LogP contribution >= 0.6 is 11.8 Å². The van der Waals surface area contributed by atoms with Crippen molar-refractivity contribution in [3.8, 4) is 0 Å². The molecule has 21 heavy (non-hydrogen) atoms. The van der Waals surface area contributed by atoms with Crippen LogP contribution in [0.1, 0.15) is 32.3 Å². The smallest absolute Gasteiger partial charge is 0.319 e. The zero-order valence-corrected chi connectivity index (χ0v) is 13.3. The summed E-state index contributed by atoms with van der Waals surface area (Å²) < 4.78 is 5.03. The van der Waals surface area contributed by atoms with Crippen molar-refractivity contribution in [2.75, 3.05) is 6.61 Å². The molecular weight excluding hydrogens is 288 g/mol. The van der Waals surface area contributed by atoms with Gasteiger partial charge in [-0.1, -0.05) is 43.7 Å². The molecule has 0 amide bonds. The second-order valence-corrected chi connectivity index (χ2v) is 6.09. The molecule has 5 heteroatoms. The van der Waals surface area contributed by atoms with Crippen molar-refractivity contribution < 1.29 is 19.4 Å². The summed E-state index contributed by atoms with van der Waals surface area (Å²) in [7, 11) is 0. The molecule has 0 saturated carbocycles. The predicted molar refractivity (Wildman–Crippen MR) is 84.5 cm³/mol. The molecule has 1 rings (SSSR count). The topological polar surface area (TPSA) is 63.6 Å². The predicted octanol–water partition coefficient (Wildman–Crippen LogP) is 3.15. The molecule has 0 bridgehead atoms. The van der Waals surface area contributed by atoms with Gasteiger partial charge in [0.1, 0.15) is 10.5 Å². The molecule has 2 atom stereocenters. The van der Waals surface area contributed by atoms with Gasteiger partial charge in [0.2, 0.25) is 0 Å². The fraction of sp³-hybridized carbons (Fsp3) is 0.500. The van der Waals surface area contributed by atoms with Gasteiger partial charge in [-0.05, 0) is 25.3 Å². The van der Waals surface area contributed by atoms with Crippen LogP contribution in [-0.4, -0.2) is 34.2 Å². The first-order chi connectivity index (χ1) is 10.1. The maximum Gasteiger partial charge on any atom is 0.319 e. The van der Waals surface area contributed by atoms with Crippen LogP contribution in [-0.2, 0) is 20.7 Å². The zero-order chi connectivity index (χ0) is 15.7. The number of esters is 1. The van der Waals surface area contributed by atoms with Crippen molar-refractivity contribution in [2.45, 2.75) is 43.6 Å². The van der Waals surface area contributed by atoms with Gasteiger partial charge in [-0.2, -0.15) is 0 Å². The Morgan fingerprint density at radius 1 is 1.19 bits per heavy atom. The second-order valence-electron chi connectivity index (χ2n) is 4.68. The lowest BCUT2D eigenvalue weighted by atomic mass is 10.1. The molecular formula is C16H22O4S. The van der Waals surface area contributed by atoms with E-state index in [2.05, 4.69) is 0 Å². The molecule has 1 aromatic carbocycles. The molecule has 116 valence electrons. The Morgan fingerprint density at radius 2 is 1.86 bits per heavy atom. The number of aliphatic carboxylic acids is 1. The third-order valence-electron chi connectivity index (χ3n) is 2.97. The quantitative estimate of drug-likeness (QED) is 0.710. The number of hydrogen-bond acceptors (Lipinski definition) is 4. The average molecular weight is 310 g/mol. The average Bonchev–Trinajstić information content (AvgIpc) is 2.47.